The van der Waals surface area contributed by atoms with Gasteiger partial charge in [-0.3, -0.25) is 19.4 Å². The van der Waals surface area contributed by atoms with Gasteiger partial charge in [-0.25, -0.2) is 5.10 Å². The van der Waals surface area contributed by atoms with Crippen molar-refractivity contribution in [3.63, 3.8) is 0 Å². The van der Waals surface area contributed by atoms with Crippen LogP contribution in [0.5, 0.6) is 0 Å². The Morgan fingerprint density at radius 1 is 1.07 bits per heavy atom. The Morgan fingerprint density at radius 2 is 1.97 bits per heavy atom. The van der Waals surface area contributed by atoms with Gasteiger partial charge in [-0.15, -0.1) is 0 Å². The van der Waals surface area contributed by atoms with Gasteiger partial charge >= 0.3 is 0 Å². The molecule has 0 saturated carbocycles. The highest BCUT2D eigenvalue weighted by Crippen LogP contribution is 2.36. The number of carbonyl (C=O) groups is 1. The van der Waals surface area contributed by atoms with E-state index >= 15 is 0 Å². The molecular formula is C21H19N5O3. The van der Waals surface area contributed by atoms with E-state index in [0.29, 0.717) is 19.6 Å². The summed E-state index contributed by atoms with van der Waals surface area (Å²) >= 11 is 0. The van der Waals surface area contributed by atoms with E-state index < -0.39 is 0 Å². The number of hydrogen-bond donors (Lipinski definition) is 1. The Bertz CT molecular complexity index is 1180. The van der Waals surface area contributed by atoms with Crippen LogP contribution in [0.25, 0.3) is 11.3 Å². The van der Waals surface area contributed by atoms with E-state index in [0.717, 1.165) is 23.4 Å². The quantitative estimate of drug-likeness (QED) is 0.711. The lowest BCUT2D eigenvalue weighted by Crippen LogP contribution is -2.49. The van der Waals surface area contributed by atoms with Crippen LogP contribution in [0.3, 0.4) is 0 Å². The van der Waals surface area contributed by atoms with Gasteiger partial charge in [0.05, 0.1) is 5.69 Å². The Balaban J connectivity index is 1.48. The maximum absolute atomic E-state index is 12.9. The number of likely N-dealkylation sites (tertiary alicyclic amines) is 1. The fraction of sp³-hybridized carbons (Fsp3) is 0.286. The Hall–Kier alpha value is -3.55. The van der Waals surface area contributed by atoms with Crippen molar-refractivity contribution in [2.24, 2.45) is 5.92 Å². The molecule has 3 aromatic rings. The van der Waals surface area contributed by atoms with Gasteiger partial charge in [-0.05, 0) is 36.6 Å². The molecule has 2 atom stereocenters. The Morgan fingerprint density at radius 3 is 2.72 bits per heavy atom. The fourth-order valence-corrected chi connectivity index (χ4v) is 4.43. The second-order valence-corrected chi connectivity index (χ2v) is 7.65. The standard InChI is InChI=1S/C21H19N5O3/c27-19-5-4-17(23-24-19)21(29)25-10-13-7-15(12-25)18-8-14(9-20(28)26(18)11-13)16-3-1-2-6-22-16/h1-6,8-9,13,15H,7,10-12H2,(H,24,27)/t13-,15+/m0/s1. The van der Waals surface area contributed by atoms with Crippen LogP contribution in [0.4, 0.5) is 0 Å². The number of fused-ring (bicyclic) bond motifs is 4. The Kier molecular flexibility index (Phi) is 4.12. The van der Waals surface area contributed by atoms with Crippen molar-refractivity contribution in [2.45, 2.75) is 18.9 Å². The van der Waals surface area contributed by atoms with Crippen LogP contribution in [-0.2, 0) is 6.54 Å². The molecule has 1 fully saturated rings. The van der Waals surface area contributed by atoms with Crippen molar-refractivity contribution in [3.05, 3.63) is 80.8 Å². The molecule has 0 radical (unpaired) electrons. The average Bonchev–Trinajstić information content (AvgIpc) is 2.75. The molecule has 3 aromatic heterocycles. The number of nitrogens with one attached hydrogen (secondary N) is 1. The number of carbonyl (C=O) groups excluding carboxylic acids is 1. The molecule has 146 valence electrons. The molecule has 0 aliphatic carbocycles. The third-order valence-corrected chi connectivity index (χ3v) is 5.70. The normalized spacial score (nSPS) is 20.2. The van der Waals surface area contributed by atoms with Crippen molar-refractivity contribution in [3.8, 4) is 11.3 Å². The molecule has 0 unspecified atom stereocenters. The minimum absolute atomic E-state index is 0.0278. The lowest BCUT2D eigenvalue weighted by molar-refractivity contribution is 0.0587. The van der Waals surface area contributed by atoms with Crippen LogP contribution < -0.4 is 11.1 Å². The smallest absolute Gasteiger partial charge is 0.274 e. The fourth-order valence-electron chi connectivity index (χ4n) is 4.43. The monoisotopic (exact) mass is 389 g/mol. The van der Waals surface area contributed by atoms with Gasteiger partial charge < -0.3 is 9.47 Å². The van der Waals surface area contributed by atoms with Crippen LogP contribution in [0, 0.1) is 5.92 Å². The molecule has 2 bridgehead atoms. The second kappa shape index (κ2) is 6.80. The largest absolute Gasteiger partial charge is 0.336 e. The van der Waals surface area contributed by atoms with Crippen LogP contribution in [0.2, 0.25) is 0 Å². The van der Waals surface area contributed by atoms with Crippen LogP contribution in [-0.4, -0.2) is 43.6 Å². The van der Waals surface area contributed by atoms with Crippen LogP contribution in [0.15, 0.2) is 58.3 Å². The van der Waals surface area contributed by atoms with E-state index in [2.05, 4.69) is 15.2 Å². The molecule has 1 N–H and O–H groups in total. The van der Waals surface area contributed by atoms with Gasteiger partial charge in [0.15, 0.2) is 0 Å². The molecule has 8 heteroatoms. The number of nitrogens with zero attached hydrogens (tertiary/aromatic N) is 4. The molecule has 0 spiro atoms. The summed E-state index contributed by atoms with van der Waals surface area (Å²) in [6, 6.07) is 12.0. The lowest BCUT2D eigenvalue weighted by Gasteiger charge is -2.42. The number of rotatable bonds is 2. The van der Waals surface area contributed by atoms with Gasteiger partial charge in [0.1, 0.15) is 5.69 Å². The van der Waals surface area contributed by atoms with Crippen LogP contribution >= 0.6 is 0 Å². The first-order valence-electron chi connectivity index (χ1n) is 9.59. The molecule has 1 amide bonds. The predicted molar refractivity (Wildman–Crippen MR) is 106 cm³/mol. The highest BCUT2D eigenvalue weighted by Gasteiger charge is 2.37. The zero-order valence-electron chi connectivity index (χ0n) is 15.6. The van der Waals surface area contributed by atoms with E-state index in [1.54, 1.807) is 17.2 Å². The number of piperidine rings is 1. The maximum Gasteiger partial charge on any atom is 0.274 e. The zero-order chi connectivity index (χ0) is 20.0. The van der Waals surface area contributed by atoms with Gasteiger partial charge in [0.25, 0.3) is 17.0 Å². The van der Waals surface area contributed by atoms with Crippen molar-refractivity contribution in [1.29, 1.82) is 0 Å². The van der Waals surface area contributed by atoms with Crippen molar-refractivity contribution in [1.82, 2.24) is 24.6 Å². The first-order valence-corrected chi connectivity index (χ1v) is 9.59. The minimum atomic E-state index is -0.340. The number of H-pyrrole nitrogens is 1. The molecular weight excluding hydrogens is 370 g/mol. The van der Waals surface area contributed by atoms with Gasteiger partial charge in [-0.1, -0.05) is 6.07 Å². The number of pyridine rings is 2. The molecule has 2 aliphatic heterocycles. The summed E-state index contributed by atoms with van der Waals surface area (Å²) in [5, 5.41) is 6.18. The summed E-state index contributed by atoms with van der Waals surface area (Å²) in [5.41, 5.74) is 2.36. The van der Waals surface area contributed by atoms with E-state index in [-0.39, 0.29) is 34.6 Å². The summed E-state index contributed by atoms with van der Waals surface area (Å²) in [5.74, 6) is 0.0876. The molecule has 1 saturated heterocycles. The summed E-state index contributed by atoms with van der Waals surface area (Å²) in [6.45, 7) is 1.68. The van der Waals surface area contributed by atoms with E-state index in [1.165, 1.54) is 12.1 Å². The number of amides is 1. The lowest BCUT2D eigenvalue weighted by atomic mass is 9.82. The zero-order valence-corrected chi connectivity index (χ0v) is 15.6. The van der Waals surface area contributed by atoms with E-state index in [4.69, 9.17) is 0 Å². The first-order chi connectivity index (χ1) is 14.1. The minimum Gasteiger partial charge on any atom is -0.336 e. The first kappa shape index (κ1) is 17.5. The van der Waals surface area contributed by atoms with Crippen molar-refractivity contribution < 1.29 is 4.79 Å². The molecule has 8 nitrogen and oxygen atoms in total. The maximum atomic E-state index is 12.9. The number of aromatic nitrogens is 4. The molecule has 2 aliphatic rings. The summed E-state index contributed by atoms with van der Waals surface area (Å²) in [7, 11) is 0. The SMILES string of the molecule is O=C(c1ccc(=O)[nH]n1)N1C[C@@H]2C[C@H](C1)c1cc(-c3ccccn3)cc(=O)n1C2. The predicted octanol–water partition coefficient (Wildman–Crippen LogP) is 1.25. The third-order valence-electron chi connectivity index (χ3n) is 5.70. The third kappa shape index (κ3) is 3.16. The Labute approximate surface area is 165 Å². The molecule has 5 rings (SSSR count). The summed E-state index contributed by atoms with van der Waals surface area (Å²) in [6.07, 6.45) is 2.65. The van der Waals surface area contributed by atoms with Crippen LogP contribution in [0.1, 0.15) is 28.5 Å². The second-order valence-electron chi connectivity index (χ2n) is 7.65. The number of aromatic amines is 1. The number of hydrogen-bond acceptors (Lipinski definition) is 5. The molecule has 0 aromatic carbocycles. The molecule has 5 heterocycles. The van der Waals surface area contributed by atoms with E-state index in [1.807, 2.05) is 28.8 Å². The van der Waals surface area contributed by atoms with Gasteiger partial charge in [0.2, 0.25) is 0 Å². The summed E-state index contributed by atoms with van der Waals surface area (Å²) < 4.78 is 1.84. The van der Waals surface area contributed by atoms with Crippen molar-refractivity contribution >= 4 is 5.91 Å². The highest BCUT2D eigenvalue weighted by molar-refractivity contribution is 5.92. The molecule has 29 heavy (non-hydrogen) atoms. The van der Waals surface area contributed by atoms with E-state index in [9.17, 15) is 14.4 Å². The average molecular weight is 389 g/mol. The summed E-state index contributed by atoms with van der Waals surface area (Å²) in [4.78, 5) is 43.0. The van der Waals surface area contributed by atoms with Crippen molar-refractivity contribution in [2.75, 3.05) is 13.1 Å². The highest BCUT2D eigenvalue weighted by atomic mass is 16.2. The van der Waals surface area contributed by atoms with Gasteiger partial charge in [0, 0.05) is 55.1 Å². The topological polar surface area (TPSA) is 101 Å². The van der Waals surface area contributed by atoms with Gasteiger partial charge in [-0.2, -0.15) is 5.10 Å².